The molecule has 0 aliphatic carbocycles. The molecule has 1 aromatic heterocycles. The van der Waals surface area contributed by atoms with Crippen molar-refractivity contribution in [1.82, 2.24) is 9.97 Å². The van der Waals surface area contributed by atoms with Crippen LogP contribution < -0.4 is 16.0 Å². The van der Waals surface area contributed by atoms with E-state index in [-0.39, 0.29) is 5.82 Å². The molecule has 25 heavy (non-hydrogen) atoms. The van der Waals surface area contributed by atoms with Gasteiger partial charge in [-0.3, -0.25) is 0 Å². The van der Waals surface area contributed by atoms with Gasteiger partial charge < -0.3 is 16.0 Å². The van der Waals surface area contributed by atoms with Crippen LogP contribution in [0.3, 0.4) is 0 Å². The Hall–Kier alpha value is -2.67. The minimum Gasteiger partial charge on any atom is -0.393 e. The molecule has 7 heteroatoms. The van der Waals surface area contributed by atoms with Crippen molar-refractivity contribution in [3.63, 3.8) is 0 Å². The van der Waals surface area contributed by atoms with Crippen LogP contribution in [0.15, 0.2) is 53.3 Å². The lowest BCUT2D eigenvalue weighted by atomic mass is 10.2. The summed E-state index contributed by atoms with van der Waals surface area (Å²) in [6.45, 7) is 0.798. The molecule has 0 fully saturated rings. The van der Waals surface area contributed by atoms with Crippen molar-refractivity contribution in [1.29, 1.82) is 0 Å². The quantitative estimate of drug-likeness (QED) is 0.682. The maximum absolute atomic E-state index is 14.1. The normalized spacial score (nSPS) is 13.0. The van der Waals surface area contributed by atoms with E-state index in [4.69, 9.17) is 5.73 Å². The molecule has 0 saturated carbocycles. The molecule has 2 aromatic carbocycles. The number of anilines is 5. The number of nitrogen functional groups attached to an aromatic ring is 1. The first-order chi connectivity index (χ1) is 12.1. The van der Waals surface area contributed by atoms with Crippen molar-refractivity contribution in [3.05, 3.63) is 64.6 Å². The highest BCUT2D eigenvalue weighted by Crippen LogP contribution is 2.38. The van der Waals surface area contributed by atoms with Crippen LogP contribution in [-0.2, 0) is 6.42 Å². The van der Waals surface area contributed by atoms with E-state index in [9.17, 15) is 4.39 Å². The van der Waals surface area contributed by atoms with Crippen LogP contribution in [0.25, 0.3) is 0 Å². The number of hydrogen-bond donors (Lipinski definition) is 2. The van der Waals surface area contributed by atoms with E-state index in [0.29, 0.717) is 27.5 Å². The second kappa shape index (κ2) is 6.33. The summed E-state index contributed by atoms with van der Waals surface area (Å²) in [5.74, 6) is 0.621. The first kappa shape index (κ1) is 15.8. The SMILES string of the molecule is Nc1c(Nc2ccc(Br)cc2F)ncnc1N1CCc2ccccc21. The third-order valence-corrected chi connectivity index (χ3v) is 4.68. The molecule has 0 radical (unpaired) electrons. The van der Waals surface area contributed by atoms with Gasteiger partial charge in [-0.05, 0) is 36.2 Å². The minimum absolute atomic E-state index is 0.307. The first-order valence-electron chi connectivity index (χ1n) is 7.81. The molecule has 126 valence electrons. The zero-order chi connectivity index (χ0) is 17.4. The number of halogens is 2. The molecule has 3 aromatic rings. The van der Waals surface area contributed by atoms with Crippen LogP contribution >= 0.6 is 15.9 Å². The van der Waals surface area contributed by atoms with E-state index >= 15 is 0 Å². The summed E-state index contributed by atoms with van der Waals surface area (Å²) in [5, 5.41) is 2.96. The monoisotopic (exact) mass is 399 g/mol. The number of fused-ring (bicyclic) bond motifs is 1. The summed E-state index contributed by atoms with van der Waals surface area (Å²) in [6.07, 6.45) is 2.37. The fourth-order valence-electron chi connectivity index (χ4n) is 2.98. The highest BCUT2D eigenvalue weighted by atomic mass is 79.9. The van der Waals surface area contributed by atoms with Crippen molar-refractivity contribution in [2.75, 3.05) is 22.5 Å². The van der Waals surface area contributed by atoms with Gasteiger partial charge in [0, 0.05) is 16.7 Å². The molecule has 1 aliphatic heterocycles. The molecule has 0 amide bonds. The highest BCUT2D eigenvalue weighted by molar-refractivity contribution is 9.10. The average molecular weight is 400 g/mol. The van der Waals surface area contributed by atoms with E-state index < -0.39 is 0 Å². The van der Waals surface area contributed by atoms with E-state index in [1.54, 1.807) is 12.1 Å². The fraction of sp³-hybridized carbons (Fsp3) is 0.111. The Labute approximate surface area is 152 Å². The third kappa shape index (κ3) is 2.91. The minimum atomic E-state index is -0.388. The Balaban J connectivity index is 1.70. The molecule has 3 N–H and O–H groups in total. The third-order valence-electron chi connectivity index (χ3n) is 4.19. The Morgan fingerprint density at radius 1 is 1.16 bits per heavy atom. The van der Waals surface area contributed by atoms with Gasteiger partial charge in [0.05, 0.1) is 5.69 Å². The molecular weight excluding hydrogens is 385 g/mol. The van der Waals surface area contributed by atoms with Gasteiger partial charge in [-0.15, -0.1) is 0 Å². The number of para-hydroxylation sites is 1. The lowest BCUT2D eigenvalue weighted by molar-refractivity contribution is 0.631. The summed E-state index contributed by atoms with van der Waals surface area (Å²) in [5.41, 5.74) is 9.33. The molecule has 0 bridgehead atoms. The van der Waals surface area contributed by atoms with Gasteiger partial charge in [-0.1, -0.05) is 34.1 Å². The van der Waals surface area contributed by atoms with Gasteiger partial charge in [0.25, 0.3) is 0 Å². The standard InChI is InChI=1S/C18H15BrFN5/c19-12-5-6-14(13(20)9-12)24-17-16(21)18(23-10-22-17)25-8-7-11-3-1-2-4-15(11)25/h1-6,9-10H,7-8,21H2,(H,22,23,24). The van der Waals surface area contributed by atoms with Gasteiger partial charge in [-0.25, -0.2) is 14.4 Å². The second-order valence-corrected chi connectivity index (χ2v) is 6.65. The van der Waals surface area contributed by atoms with Gasteiger partial charge in [-0.2, -0.15) is 0 Å². The van der Waals surface area contributed by atoms with Crippen LogP contribution in [0, 0.1) is 5.82 Å². The molecule has 1 aliphatic rings. The molecule has 0 saturated heterocycles. The van der Waals surface area contributed by atoms with Crippen LogP contribution in [0.2, 0.25) is 0 Å². The summed E-state index contributed by atoms with van der Waals surface area (Å²) < 4.78 is 14.7. The van der Waals surface area contributed by atoms with Crippen molar-refractivity contribution >= 4 is 44.6 Å². The van der Waals surface area contributed by atoms with Gasteiger partial charge in [0.2, 0.25) is 0 Å². The predicted octanol–water partition coefficient (Wildman–Crippen LogP) is 4.40. The van der Waals surface area contributed by atoms with E-state index in [1.165, 1.54) is 18.0 Å². The zero-order valence-electron chi connectivity index (χ0n) is 13.2. The second-order valence-electron chi connectivity index (χ2n) is 5.74. The number of nitrogens with one attached hydrogen (secondary N) is 1. The predicted molar refractivity (Wildman–Crippen MR) is 101 cm³/mol. The lowest BCUT2D eigenvalue weighted by Gasteiger charge is -2.21. The maximum Gasteiger partial charge on any atom is 0.161 e. The number of benzene rings is 2. The van der Waals surface area contributed by atoms with Crippen LogP contribution in [0.1, 0.15) is 5.56 Å². The molecule has 4 rings (SSSR count). The van der Waals surface area contributed by atoms with E-state index in [2.05, 4.69) is 42.2 Å². The van der Waals surface area contributed by atoms with Crippen molar-refractivity contribution < 1.29 is 4.39 Å². The van der Waals surface area contributed by atoms with Crippen molar-refractivity contribution in [3.8, 4) is 0 Å². The molecule has 0 unspecified atom stereocenters. The molecule has 5 nitrogen and oxygen atoms in total. The molecule has 2 heterocycles. The Morgan fingerprint density at radius 2 is 2.00 bits per heavy atom. The van der Waals surface area contributed by atoms with Gasteiger partial charge >= 0.3 is 0 Å². The Bertz CT molecular complexity index is 946. The van der Waals surface area contributed by atoms with Crippen molar-refractivity contribution in [2.45, 2.75) is 6.42 Å². The topological polar surface area (TPSA) is 67.1 Å². The number of hydrogen-bond acceptors (Lipinski definition) is 5. The van der Waals surface area contributed by atoms with Crippen LogP contribution in [0.4, 0.5) is 33.1 Å². The number of nitrogens with two attached hydrogens (primary N) is 1. The first-order valence-corrected chi connectivity index (χ1v) is 8.61. The maximum atomic E-state index is 14.1. The zero-order valence-corrected chi connectivity index (χ0v) is 14.8. The number of aromatic nitrogens is 2. The smallest absolute Gasteiger partial charge is 0.161 e. The number of rotatable bonds is 3. The lowest BCUT2D eigenvalue weighted by Crippen LogP contribution is -2.17. The summed E-state index contributed by atoms with van der Waals surface area (Å²) >= 11 is 3.24. The summed E-state index contributed by atoms with van der Waals surface area (Å²) in [7, 11) is 0. The average Bonchev–Trinajstić information content (AvgIpc) is 3.03. The largest absolute Gasteiger partial charge is 0.393 e. The fourth-order valence-corrected chi connectivity index (χ4v) is 3.31. The van der Waals surface area contributed by atoms with Gasteiger partial charge in [0.1, 0.15) is 17.8 Å². The van der Waals surface area contributed by atoms with Crippen molar-refractivity contribution in [2.24, 2.45) is 0 Å². The van der Waals surface area contributed by atoms with Crippen LogP contribution in [0.5, 0.6) is 0 Å². The summed E-state index contributed by atoms with van der Waals surface area (Å²) in [6, 6.07) is 12.9. The Morgan fingerprint density at radius 3 is 2.84 bits per heavy atom. The van der Waals surface area contributed by atoms with E-state index in [1.807, 2.05) is 18.2 Å². The molecule has 0 spiro atoms. The van der Waals surface area contributed by atoms with E-state index in [0.717, 1.165) is 18.7 Å². The molecular formula is C18H15BrFN5. The number of nitrogens with zero attached hydrogens (tertiary/aromatic N) is 3. The highest BCUT2D eigenvalue weighted by Gasteiger charge is 2.24. The Kier molecular flexibility index (Phi) is 4.01. The van der Waals surface area contributed by atoms with Crippen LogP contribution in [-0.4, -0.2) is 16.5 Å². The van der Waals surface area contributed by atoms with Gasteiger partial charge in [0.15, 0.2) is 11.6 Å². The summed E-state index contributed by atoms with van der Waals surface area (Å²) in [4.78, 5) is 10.6. The molecule has 0 atom stereocenters.